The molecule has 0 bridgehead atoms. The normalized spacial score (nSPS) is 11.7. The minimum atomic E-state index is -1.61. The minimum absolute atomic E-state index is 0.335. The molecule has 1 amide bonds. The first-order chi connectivity index (χ1) is 10.9. The molecule has 0 saturated carbocycles. The maximum absolute atomic E-state index is 13.8. The van der Waals surface area contributed by atoms with E-state index < -0.39 is 40.9 Å². The first-order valence-electron chi connectivity index (χ1n) is 6.52. The number of halogens is 3. The van der Waals surface area contributed by atoms with Crippen molar-refractivity contribution in [3.63, 3.8) is 0 Å². The molecule has 0 aliphatic heterocycles. The maximum atomic E-state index is 13.8. The lowest BCUT2D eigenvalue weighted by Crippen LogP contribution is -2.35. The monoisotopic (exact) mass is 323 g/mol. The lowest BCUT2D eigenvalue weighted by atomic mass is 10.0. The Kier molecular flexibility index (Phi) is 5.00. The summed E-state index contributed by atoms with van der Waals surface area (Å²) >= 11 is 0. The van der Waals surface area contributed by atoms with Gasteiger partial charge in [-0.15, -0.1) is 0 Å². The van der Waals surface area contributed by atoms with E-state index in [4.69, 9.17) is 0 Å². The van der Waals surface area contributed by atoms with Crippen molar-refractivity contribution in [3.8, 4) is 0 Å². The fraction of sp³-hybridized carbons (Fsp3) is 0.125. The van der Waals surface area contributed by atoms with Crippen LogP contribution in [0.2, 0.25) is 0 Å². The van der Waals surface area contributed by atoms with Gasteiger partial charge in [0, 0.05) is 5.56 Å². The highest BCUT2D eigenvalue weighted by atomic mass is 19.1. The lowest BCUT2D eigenvalue weighted by molar-refractivity contribution is -0.143. The number of methoxy groups -OCH3 is 1. The molecule has 0 saturated heterocycles. The fourth-order valence-corrected chi connectivity index (χ4v) is 1.97. The molecule has 0 aromatic heterocycles. The van der Waals surface area contributed by atoms with Crippen molar-refractivity contribution in [2.75, 3.05) is 7.11 Å². The summed E-state index contributed by atoms with van der Waals surface area (Å²) in [5.74, 6) is -4.49. The van der Waals surface area contributed by atoms with Crippen LogP contribution >= 0.6 is 0 Å². The van der Waals surface area contributed by atoms with Gasteiger partial charge in [-0.3, -0.25) is 4.79 Å². The Morgan fingerprint density at radius 3 is 2.39 bits per heavy atom. The minimum Gasteiger partial charge on any atom is -0.467 e. The van der Waals surface area contributed by atoms with Gasteiger partial charge >= 0.3 is 5.97 Å². The van der Waals surface area contributed by atoms with Crippen LogP contribution in [0.4, 0.5) is 13.2 Å². The number of esters is 1. The average Bonchev–Trinajstić information content (AvgIpc) is 2.54. The van der Waals surface area contributed by atoms with E-state index in [9.17, 15) is 22.8 Å². The van der Waals surface area contributed by atoms with Crippen molar-refractivity contribution in [2.24, 2.45) is 0 Å². The number of ether oxygens (including phenoxy) is 1. The quantitative estimate of drug-likeness (QED) is 0.880. The Morgan fingerprint density at radius 1 is 1.04 bits per heavy atom. The Labute approximate surface area is 129 Å². The third kappa shape index (κ3) is 3.68. The lowest BCUT2D eigenvalue weighted by Gasteiger charge is -2.17. The molecule has 0 aliphatic carbocycles. The molecule has 2 aromatic carbocycles. The van der Waals surface area contributed by atoms with Gasteiger partial charge in [-0.05, 0) is 30.3 Å². The average molecular weight is 323 g/mol. The molecule has 0 fully saturated rings. The number of carbonyl (C=O) groups is 2. The van der Waals surface area contributed by atoms with E-state index >= 15 is 0 Å². The highest BCUT2D eigenvalue weighted by Gasteiger charge is 2.28. The zero-order chi connectivity index (χ0) is 17.0. The summed E-state index contributed by atoms with van der Waals surface area (Å²) in [4.78, 5) is 23.9. The van der Waals surface area contributed by atoms with Crippen LogP contribution in [-0.4, -0.2) is 19.0 Å². The fourth-order valence-electron chi connectivity index (χ4n) is 1.97. The summed E-state index contributed by atoms with van der Waals surface area (Å²) in [6.45, 7) is 0. The van der Waals surface area contributed by atoms with Gasteiger partial charge in [-0.1, -0.05) is 12.1 Å². The van der Waals surface area contributed by atoms with Crippen molar-refractivity contribution >= 4 is 11.9 Å². The van der Waals surface area contributed by atoms with Crippen molar-refractivity contribution in [1.82, 2.24) is 5.32 Å². The Bertz CT molecular complexity index is 749. The predicted molar refractivity (Wildman–Crippen MR) is 75.0 cm³/mol. The summed E-state index contributed by atoms with van der Waals surface area (Å²) in [6, 6.07) is 5.90. The Morgan fingerprint density at radius 2 is 1.74 bits per heavy atom. The summed E-state index contributed by atoms with van der Waals surface area (Å²) < 4.78 is 45.3. The third-order valence-corrected chi connectivity index (χ3v) is 3.10. The van der Waals surface area contributed by atoms with Crippen LogP contribution in [0, 0.1) is 17.5 Å². The van der Waals surface area contributed by atoms with Crippen LogP contribution in [0.25, 0.3) is 0 Å². The second-order valence-electron chi connectivity index (χ2n) is 4.58. The van der Waals surface area contributed by atoms with Gasteiger partial charge in [0.2, 0.25) is 0 Å². The molecule has 2 aromatic rings. The largest absolute Gasteiger partial charge is 0.467 e. The molecule has 23 heavy (non-hydrogen) atoms. The highest BCUT2D eigenvalue weighted by Crippen LogP contribution is 2.21. The molecule has 120 valence electrons. The van der Waals surface area contributed by atoms with Crippen LogP contribution < -0.4 is 5.32 Å². The summed E-state index contributed by atoms with van der Waals surface area (Å²) in [5, 5.41) is 2.15. The van der Waals surface area contributed by atoms with Crippen molar-refractivity contribution in [1.29, 1.82) is 0 Å². The number of hydrogen-bond donors (Lipinski definition) is 1. The van der Waals surface area contributed by atoms with Crippen molar-refractivity contribution in [3.05, 3.63) is 71.0 Å². The molecule has 0 aliphatic rings. The van der Waals surface area contributed by atoms with Gasteiger partial charge in [0.1, 0.15) is 17.5 Å². The van der Waals surface area contributed by atoms with Gasteiger partial charge < -0.3 is 10.1 Å². The van der Waals surface area contributed by atoms with E-state index in [2.05, 4.69) is 10.1 Å². The van der Waals surface area contributed by atoms with Crippen molar-refractivity contribution < 1.29 is 27.5 Å². The van der Waals surface area contributed by atoms with Gasteiger partial charge in [0.05, 0.1) is 12.7 Å². The molecule has 0 heterocycles. The van der Waals surface area contributed by atoms with Gasteiger partial charge in [0.15, 0.2) is 6.04 Å². The number of nitrogens with one attached hydrogen (secondary N) is 1. The van der Waals surface area contributed by atoms with E-state index in [1.54, 1.807) is 0 Å². The third-order valence-electron chi connectivity index (χ3n) is 3.10. The number of carbonyl (C=O) groups excluding carboxylic acids is 2. The first-order valence-corrected chi connectivity index (χ1v) is 6.52. The number of rotatable bonds is 4. The molecule has 0 unspecified atom stereocenters. The summed E-state index contributed by atoms with van der Waals surface area (Å²) in [6.07, 6.45) is 0. The summed E-state index contributed by atoms with van der Waals surface area (Å²) in [7, 11) is 1.03. The first kappa shape index (κ1) is 16.5. The molecule has 2 rings (SSSR count). The molecule has 4 nitrogen and oxygen atoms in total. The topological polar surface area (TPSA) is 55.4 Å². The molecule has 0 spiro atoms. The second kappa shape index (κ2) is 6.95. The smallest absolute Gasteiger partial charge is 0.333 e. The number of amides is 1. The highest BCUT2D eigenvalue weighted by molar-refractivity contribution is 5.97. The zero-order valence-corrected chi connectivity index (χ0v) is 12.0. The SMILES string of the molecule is COC(=O)[C@H](NC(=O)c1ccccc1F)c1cc(F)ccc1F. The standard InChI is InChI=1S/C16H12F3NO3/c1-23-16(22)14(11-8-9(17)6-7-13(11)19)20-15(21)10-4-2-3-5-12(10)18/h2-8,14H,1H3,(H,20,21)/t14-/m1/s1. The van der Waals surface area contributed by atoms with Crippen LogP contribution in [0.5, 0.6) is 0 Å². The molecular formula is C16H12F3NO3. The maximum Gasteiger partial charge on any atom is 0.333 e. The van der Waals surface area contributed by atoms with Gasteiger partial charge in [-0.25, -0.2) is 18.0 Å². The van der Waals surface area contributed by atoms with E-state index in [-0.39, 0.29) is 5.56 Å². The molecule has 7 heteroatoms. The molecule has 0 radical (unpaired) electrons. The van der Waals surface area contributed by atoms with Crippen LogP contribution in [0.3, 0.4) is 0 Å². The zero-order valence-electron chi connectivity index (χ0n) is 12.0. The number of benzene rings is 2. The van der Waals surface area contributed by atoms with Gasteiger partial charge in [-0.2, -0.15) is 0 Å². The number of hydrogen-bond acceptors (Lipinski definition) is 3. The molecule has 1 N–H and O–H groups in total. The molecule has 1 atom stereocenters. The van der Waals surface area contributed by atoms with Crippen LogP contribution in [0.15, 0.2) is 42.5 Å². The second-order valence-corrected chi connectivity index (χ2v) is 4.58. The Balaban J connectivity index is 2.37. The van der Waals surface area contributed by atoms with Crippen LogP contribution in [-0.2, 0) is 9.53 Å². The Hall–Kier alpha value is -2.83. The van der Waals surface area contributed by atoms with Crippen LogP contribution in [0.1, 0.15) is 22.0 Å². The van der Waals surface area contributed by atoms with E-state index in [0.717, 1.165) is 31.4 Å². The van der Waals surface area contributed by atoms with Crippen molar-refractivity contribution in [2.45, 2.75) is 6.04 Å². The summed E-state index contributed by atoms with van der Waals surface area (Å²) in [5.41, 5.74) is -0.750. The molecular weight excluding hydrogens is 311 g/mol. The van der Waals surface area contributed by atoms with E-state index in [1.807, 2.05) is 0 Å². The van der Waals surface area contributed by atoms with E-state index in [0.29, 0.717) is 0 Å². The predicted octanol–water partition coefficient (Wildman–Crippen LogP) is 2.75. The van der Waals surface area contributed by atoms with Gasteiger partial charge in [0.25, 0.3) is 5.91 Å². The van der Waals surface area contributed by atoms with E-state index in [1.165, 1.54) is 18.2 Å².